The topological polar surface area (TPSA) is 84.0 Å². The number of benzene rings is 1. The first-order chi connectivity index (χ1) is 10.6. The smallest absolute Gasteiger partial charge is 0.248 e. The first-order valence-corrected chi connectivity index (χ1v) is 7.59. The molecule has 3 rings (SSSR count). The van der Waals surface area contributed by atoms with Gasteiger partial charge >= 0.3 is 0 Å². The molecule has 22 heavy (non-hydrogen) atoms. The summed E-state index contributed by atoms with van der Waals surface area (Å²) in [4.78, 5) is 23.0. The summed E-state index contributed by atoms with van der Waals surface area (Å²) in [7, 11) is 0. The molecule has 1 atom stereocenters. The second-order valence-electron chi connectivity index (χ2n) is 4.96. The van der Waals surface area contributed by atoms with Crippen LogP contribution in [-0.4, -0.2) is 28.1 Å². The van der Waals surface area contributed by atoms with Gasteiger partial charge in [-0.2, -0.15) is 0 Å². The highest BCUT2D eigenvalue weighted by Crippen LogP contribution is 2.20. The van der Waals surface area contributed by atoms with Gasteiger partial charge in [-0.15, -0.1) is 10.2 Å². The van der Waals surface area contributed by atoms with Crippen molar-refractivity contribution in [1.29, 1.82) is 0 Å². The van der Waals surface area contributed by atoms with E-state index in [9.17, 15) is 14.0 Å². The van der Waals surface area contributed by atoms with E-state index in [-0.39, 0.29) is 17.6 Å². The third kappa shape index (κ3) is 3.45. The van der Waals surface area contributed by atoms with E-state index < -0.39 is 6.04 Å². The number of hydrogen-bond acceptors (Lipinski definition) is 5. The van der Waals surface area contributed by atoms with Gasteiger partial charge in [-0.1, -0.05) is 23.5 Å². The maximum absolute atomic E-state index is 13.1. The Morgan fingerprint density at radius 1 is 1.45 bits per heavy atom. The quantitative estimate of drug-likeness (QED) is 0.894. The molecule has 0 spiro atoms. The normalized spacial score (nSPS) is 17.3. The standard InChI is InChI=1S/C14H13FN4O2S/c15-9-3-1-2-8(6-9)7-12-18-19-14(22-12)17-13(21)10-4-5-11(20)16-10/h1-3,6,10H,4-5,7H2,(H,16,20)(H,17,19,21)/t10-/m1/s1. The lowest BCUT2D eigenvalue weighted by Gasteiger charge is -2.07. The summed E-state index contributed by atoms with van der Waals surface area (Å²) in [5.74, 6) is -0.712. The SMILES string of the molecule is O=C1CC[C@H](C(=O)Nc2nnc(Cc3cccc(F)c3)s2)N1. The van der Waals surface area contributed by atoms with E-state index in [2.05, 4.69) is 20.8 Å². The minimum atomic E-state index is -0.511. The third-order valence-electron chi connectivity index (χ3n) is 3.25. The van der Waals surface area contributed by atoms with Crippen LogP contribution in [0, 0.1) is 5.82 Å². The van der Waals surface area contributed by atoms with Crippen molar-refractivity contribution >= 4 is 28.3 Å². The average molecular weight is 320 g/mol. The zero-order valence-electron chi connectivity index (χ0n) is 11.5. The summed E-state index contributed by atoms with van der Waals surface area (Å²) >= 11 is 1.23. The summed E-state index contributed by atoms with van der Waals surface area (Å²) in [5, 5.41) is 14.2. The van der Waals surface area contributed by atoms with Crippen molar-refractivity contribution in [2.24, 2.45) is 0 Å². The van der Waals surface area contributed by atoms with Crippen molar-refractivity contribution in [3.63, 3.8) is 0 Å². The Labute approximate surface area is 129 Å². The lowest BCUT2D eigenvalue weighted by atomic mass is 10.1. The molecule has 114 valence electrons. The summed E-state index contributed by atoms with van der Waals surface area (Å²) in [5.41, 5.74) is 0.789. The number of aromatic nitrogens is 2. The predicted molar refractivity (Wildman–Crippen MR) is 78.9 cm³/mol. The highest BCUT2D eigenvalue weighted by molar-refractivity contribution is 7.15. The lowest BCUT2D eigenvalue weighted by Crippen LogP contribution is -2.37. The van der Waals surface area contributed by atoms with Crippen LogP contribution in [0.5, 0.6) is 0 Å². The van der Waals surface area contributed by atoms with E-state index in [1.165, 1.54) is 23.5 Å². The second kappa shape index (κ2) is 6.18. The molecule has 1 aliphatic rings. The first-order valence-electron chi connectivity index (χ1n) is 6.77. The van der Waals surface area contributed by atoms with Crippen LogP contribution in [0.15, 0.2) is 24.3 Å². The highest BCUT2D eigenvalue weighted by Gasteiger charge is 2.27. The van der Waals surface area contributed by atoms with Gasteiger partial charge in [0.1, 0.15) is 16.9 Å². The van der Waals surface area contributed by atoms with Gasteiger partial charge in [0, 0.05) is 12.8 Å². The number of halogens is 1. The molecule has 1 aromatic heterocycles. The Morgan fingerprint density at radius 2 is 2.32 bits per heavy atom. The fourth-order valence-corrected chi connectivity index (χ4v) is 2.98. The molecule has 0 radical (unpaired) electrons. The van der Waals surface area contributed by atoms with Crippen molar-refractivity contribution < 1.29 is 14.0 Å². The van der Waals surface area contributed by atoms with Crippen LogP contribution in [0.1, 0.15) is 23.4 Å². The first kappa shape index (κ1) is 14.6. The summed E-state index contributed by atoms with van der Waals surface area (Å²) in [6.07, 6.45) is 1.30. The van der Waals surface area contributed by atoms with Crippen LogP contribution >= 0.6 is 11.3 Å². The minimum absolute atomic E-state index is 0.121. The maximum atomic E-state index is 13.1. The number of nitrogens with one attached hydrogen (secondary N) is 2. The number of nitrogens with zero attached hydrogens (tertiary/aromatic N) is 2. The average Bonchev–Trinajstić information content (AvgIpc) is 3.08. The second-order valence-corrected chi connectivity index (χ2v) is 6.02. The number of rotatable bonds is 4. The van der Waals surface area contributed by atoms with Crippen LogP contribution in [-0.2, 0) is 16.0 Å². The van der Waals surface area contributed by atoms with Gasteiger partial charge in [0.2, 0.25) is 16.9 Å². The minimum Gasteiger partial charge on any atom is -0.344 e. The van der Waals surface area contributed by atoms with Crippen LogP contribution in [0.3, 0.4) is 0 Å². The van der Waals surface area contributed by atoms with Crippen LogP contribution in [0.25, 0.3) is 0 Å². The number of anilines is 1. The zero-order valence-corrected chi connectivity index (χ0v) is 12.3. The van der Waals surface area contributed by atoms with Crippen LogP contribution < -0.4 is 10.6 Å². The Bertz CT molecular complexity index is 718. The molecule has 0 saturated carbocycles. The molecular weight excluding hydrogens is 307 g/mol. The van der Waals surface area contributed by atoms with Gasteiger partial charge in [0.15, 0.2) is 0 Å². The lowest BCUT2D eigenvalue weighted by molar-refractivity contribution is -0.122. The number of carbonyl (C=O) groups is 2. The van der Waals surface area contributed by atoms with Gasteiger partial charge in [0.25, 0.3) is 0 Å². The Kier molecular flexibility index (Phi) is 4.10. The highest BCUT2D eigenvalue weighted by atomic mass is 32.1. The molecule has 0 bridgehead atoms. The molecule has 2 heterocycles. The van der Waals surface area contributed by atoms with Crippen molar-refractivity contribution in [3.8, 4) is 0 Å². The maximum Gasteiger partial charge on any atom is 0.248 e. The molecule has 1 aromatic carbocycles. The van der Waals surface area contributed by atoms with Crippen molar-refractivity contribution in [2.45, 2.75) is 25.3 Å². The molecule has 1 aliphatic heterocycles. The molecule has 2 aromatic rings. The molecule has 1 saturated heterocycles. The van der Waals surface area contributed by atoms with Crippen molar-refractivity contribution in [1.82, 2.24) is 15.5 Å². The van der Waals surface area contributed by atoms with E-state index in [1.807, 2.05) is 0 Å². The number of carbonyl (C=O) groups excluding carboxylic acids is 2. The van der Waals surface area contributed by atoms with Gasteiger partial charge in [-0.05, 0) is 24.1 Å². The van der Waals surface area contributed by atoms with E-state index in [4.69, 9.17) is 0 Å². The van der Waals surface area contributed by atoms with Gasteiger partial charge in [-0.3, -0.25) is 14.9 Å². The van der Waals surface area contributed by atoms with Crippen LogP contribution in [0.2, 0.25) is 0 Å². The van der Waals surface area contributed by atoms with Gasteiger partial charge in [0.05, 0.1) is 0 Å². The summed E-state index contributed by atoms with van der Waals surface area (Å²) < 4.78 is 13.1. The van der Waals surface area contributed by atoms with E-state index in [1.54, 1.807) is 12.1 Å². The number of hydrogen-bond donors (Lipinski definition) is 2. The van der Waals surface area contributed by atoms with E-state index in [0.717, 1.165) is 5.56 Å². The van der Waals surface area contributed by atoms with Gasteiger partial charge in [-0.25, -0.2) is 4.39 Å². The Hall–Kier alpha value is -2.35. The molecule has 8 heteroatoms. The molecule has 2 amide bonds. The zero-order chi connectivity index (χ0) is 15.5. The van der Waals surface area contributed by atoms with Crippen molar-refractivity contribution in [3.05, 3.63) is 40.7 Å². The fraction of sp³-hybridized carbons (Fsp3) is 0.286. The van der Waals surface area contributed by atoms with Gasteiger partial charge < -0.3 is 5.32 Å². The summed E-state index contributed by atoms with van der Waals surface area (Å²) in [6.45, 7) is 0. The molecule has 6 nitrogen and oxygen atoms in total. The van der Waals surface area contributed by atoms with E-state index in [0.29, 0.717) is 29.4 Å². The Balaban J connectivity index is 1.61. The largest absolute Gasteiger partial charge is 0.344 e. The molecule has 1 fully saturated rings. The van der Waals surface area contributed by atoms with Crippen molar-refractivity contribution in [2.75, 3.05) is 5.32 Å². The summed E-state index contributed by atoms with van der Waals surface area (Å²) in [6, 6.07) is 5.75. The monoisotopic (exact) mass is 320 g/mol. The molecular formula is C14H13FN4O2S. The third-order valence-corrected chi connectivity index (χ3v) is 4.09. The molecule has 0 aliphatic carbocycles. The molecule has 0 unspecified atom stereocenters. The molecule has 2 N–H and O–H groups in total. The van der Waals surface area contributed by atoms with E-state index >= 15 is 0 Å². The number of amides is 2. The predicted octanol–water partition coefficient (Wildman–Crippen LogP) is 1.49. The Morgan fingerprint density at radius 3 is 3.05 bits per heavy atom. The van der Waals surface area contributed by atoms with Crippen LogP contribution in [0.4, 0.5) is 9.52 Å². The fourth-order valence-electron chi connectivity index (χ4n) is 2.20.